The summed E-state index contributed by atoms with van der Waals surface area (Å²) in [4.78, 5) is 16.4. The molecule has 3 heterocycles. The summed E-state index contributed by atoms with van der Waals surface area (Å²) in [6.45, 7) is 0. The van der Waals surface area contributed by atoms with E-state index in [2.05, 4.69) is 161 Å². The lowest BCUT2D eigenvalue weighted by Crippen LogP contribution is -2.06. The van der Waals surface area contributed by atoms with Crippen molar-refractivity contribution in [2.75, 3.05) is 0 Å². The van der Waals surface area contributed by atoms with Crippen LogP contribution in [0.3, 0.4) is 0 Å². The van der Waals surface area contributed by atoms with E-state index in [4.69, 9.17) is 15.0 Å². The first-order valence-electron chi connectivity index (χ1n) is 24.2. The average Bonchev–Trinajstić information content (AvgIpc) is 4.04. The summed E-state index contributed by atoms with van der Waals surface area (Å²) in [6.07, 6.45) is 0. The molecule has 0 saturated heterocycles. The molecular formula is C66H38N8. The number of benzene rings is 10. The Morgan fingerprint density at radius 2 is 0.635 bits per heavy atom. The summed E-state index contributed by atoms with van der Waals surface area (Å²) in [6, 6.07) is 84.4. The Balaban J connectivity index is 1.10. The van der Waals surface area contributed by atoms with E-state index in [1.165, 1.54) is 0 Å². The second kappa shape index (κ2) is 17.9. The van der Waals surface area contributed by atoms with Crippen LogP contribution in [-0.2, 0) is 0 Å². The zero-order chi connectivity index (χ0) is 49.7. The maximum atomic E-state index is 10.0. The maximum Gasteiger partial charge on any atom is 0.166 e. The molecule has 0 N–H and O–H groups in total. The summed E-state index contributed by atoms with van der Waals surface area (Å²) in [5.74, 6) is 1.41. The molecule has 0 unspecified atom stereocenters. The van der Waals surface area contributed by atoms with Crippen molar-refractivity contribution >= 4 is 43.6 Å². The first-order valence-corrected chi connectivity index (χ1v) is 24.2. The normalized spacial score (nSPS) is 11.2. The molecule has 342 valence electrons. The molecular weight excluding hydrogens is 905 g/mol. The van der Waals surface area contributed by atoms with Crippen molar-refractivity contribution in [1.29, 1.82) is 15.8 Å². The van der Waals surface area contributed by atoms with Crippen LogP contribution in [0.25, 0.3) is 123 Å². The summed E-state index contributed by atoms with van der Waals surface area (Å²) in [5, 5.41) is 33.8. The molecule has 74 heavy (non-hydrogen) atoms. The Bertz CT molecular complexity index is 4160. The van der Waals surface area contributed by atoms with Crippen LogP contribution in [0.5, 0.6) is 0 Å². The highest BCUT2D eigenvalue weighted by Gasteiger charge is 2.23. The highest BCUT2D eigenvalue weighted by atomic mass is 15.1. The zero-order valence-corrected chi connectivity index (χ0v) is 39.5. The Kier molecular flexibility index (Phi) is 10.5. The number of hydrogen-bond donors (Lipinski definition) is 0. The monoisotopic (exact) mass is 942 g/mol. The quantitative estimate of drug-likeness (QED) is 0.150. The molecule has 10 aromatic carbocycles. The number of nitriles is 3. The van der Waals surface area contributed by atoms with Crippen LogP contribution in [0, 0.1) is 34.0 Å². The number of rotatable bonds is 8. The number of aromatic nitrogens is 5. The van der Waals surface area contributed by atoms with Gasteiger partial charge in [0.05, 0.1) is 68.3 Å². The fraction of sp³-hybridized carbons (Fsp3) is 0. The minimum absolute atomic E-state index is 0.469. The fourth-order valence-corrected chi connectivity index (χ4v) is 10.4. The fourth-order valence-electron chi connectivity index (χ4n) is 10.4. The van der Waals surface area contributed by atoms with Crippen LogP contribution >= 0.6 is 0 Å². The van der Waals surface area contributed by atoms with Crippen molar-refractivity contribution in [2.45, 2.75) is 0 Å². The van der Waals surface area contributed by atoms with E-state index in [0.29, 0.717) is 34.2 Å². The van der Waals surface area contributed by atoms with Gasteiger partial charge >= 0.3 is 0 Å². The predicted octanol–water partition coefficient (Wildman–Crippen LogP) is 15.7. The molecule has 0 fully saturated rings. The Hall–Kier alpha value is -10.7. The van der Waals surface area contributed by atoms with Gasteiger partial charge in [0.2, 0.25) is 0 Å². The molecule has 8 heteroatoms. The second-order valence-electron chi connectivity index (χ2n) is 18.1. The Morgan fingerprint density at radius 1 is 0.284 bits per heavy atom. The Labute approximate surface area is 425 Å². The van der Waals surface area contributed by atoms with Crippen LogP contribution < -0.4 is 0 Å². The number of hydrogen-bond acceptors (Lipinski definition) is 6. The van der Waals surface area contributed by atoms with Crippen LogP contribution in [-0.4, -0.2) is 24.1 Å². The van der Waals surface area contributed by atoms with E-state index >= 15 is 0 Å². The van der Waals surface area contributed by atoms with Crippen LogP contribution in [0.2, 0.25) is 0 Å². The van der Waals surface area contributed by atoms with Gasteiger partial charge in [0, 0.05) is 38.2 Å². The van der Waals surface area contributed by atoms with Gasteiger partial charge in [-0.3, -0.25) is 0 Å². The lowest BCUT2D eigenvalue weighted by molar-refractivity contribution is 1.06. The van der Waals surface area contributed by atoms with Crippen LogP contribution in [0.1, 0.15) is 16.7 Å². The van der Waals surface area contributed by atoms with Gasteiger partial charge in [0.1, 0.15) is 0 Å². The maximum absolute atomic E-state index is 10.0. The third kappa shape index (κ3) is 7.33. The molecule has 0 atom stereocenters. The third-order valence-corrected chi connectivity index (χ3v) is 14.0. The standard InChI is InChI=1S/C66H38N8/c67-39-42-21-25-44(26-22-42)48-33-35-56(62(37-48)73-58-17-7-3-13-52(58)53-14-4-8-18-59(53)73)65-70-64(47-31-29-46(30-32-47)51-12-2-1-11-50(51)41-69)71-66(72-65)57-36-34-49(45-27-23-43(40-68)24-28-45)38-63(57)74-60-19-9-5-15-54(60)55-16-6-10-20-61(55)74/h1-38H. The number of nitrogens with zero attached hydrogens (tertiary/aromatic N) is 8. The molecule has 3 aromatic heterocycles. The van der Waals surface area contributed by atoms with E-state index in [9.17, 15) is 15.8 Å². The number of para-hydroxylation sites is 4. The summed E-state index contributed by atoms with van der Waals surface area (Å²) in [5.41, 5.74) is 15.6. The van der Waals surface area contributed by atoms with Gasteiger partial charge in [-0.2, -0.15) is 15.8 Å². The molecule has 0 aliphatic heterocycles. The van der Waals surface area contributed by atoms with Crippen molar-refractivity contribution in [3.8, 4) is 97.1 Å². The van der Waals surface area contributed by atoms with E-state index in [-0.39, 0.29) is 0 Å². The van der Waals surface area contributed by atoms with E-state index in [0.717, 1.165) is 105 Å². The summed E-state index contributed by atoms with van der Waals surface area (Å²) < 4.78 is 4.60. The SMILES string of the molecule is N#Cc1ccc(-c2ccc(-c3nc(-c4ccc(-c5ccccc5C#N)cc4)nc(-c4ccc(-c5ccc(C#N)cc5)cc4-n4c5ccccc5c5ccccc54)n3)c(-n3c4ccccc4c4ccccc43)c2)cc1. The molecule has 13 aromatic rings. The molecule has 0 radical (unpaired) electrons. The molecule has 13 rings (SSSR count). The second-order valence-corrected chi connectivity index (χ2v) is 18.1. The van der Waals surface area contributed by atoms with Gasteiger partial charge < -0.3 is 9.13 Å². The highest BCUT2D eigenvalue weighted by molar-refractivity contribution is 6.11. The third-order valence-electron chi connectivity index (χ3n) is 14.0. The molecule has 0 spiro atoms. The minimum atomic E-state index is 0.469. The Morgan fingerprint density at radius 3 is 1.05 bits per heavy atom. The minimum Gasteiger partial charge on any atom is -0.308 e. The summed E-state index contributed by atoms with van der Waals surface area (Å²) >= 11 is 0. The molecule has 0 aliphatic carbocycles. The smallest absolute Gasteiger partial charge is 0.166 e. The average molecular weight is 943 g/mol. The molecule has 0 aliphatic rings. The first-order chi connectivity index (χ1) is 36.5. The van der Waals surface area contributed by atoms with E-state index in [1.54, 1.807) is 0 Å². The van der Waals surface area contributed by atoms with Crippen molar-refractivity contribution < 1.29 is 0 Å². The van der Waals surface area contributed by atoms with Crippen molar-refractivity contribution in [1.82, 2.24) is 24.1 Å². The van der Waals surface area contributed by atoms with Gasteiger partial charge in [-0.1, -0.05) is 152 Å². The van der Waals surface area contributed by atoms with Crippen molar-refractivity contribution in [3.63, 3.8) is 0 Å². The highest BCUT2D eigenvalue weighted by Crippen LogP contribution is 2.41. The van der Waals surface area contributed by atoms with Gasteiger partial charge in [-0.25, -0.2) is 15.0 Å². The van der Waals surface area contributed by atoms with Crippen LogP contribution in [0.4, 0.5) is 0 Å². The van der Waals surface area contributed by atoms with Crippen LogP contribution in [0.15, 0.2) is 231 Å². The van der Waals surface area contributed by atoms with Crippen molar-refractivity contribution in [2.24, 2.45) is 0 Å². The molecule has 0 amide bonds. The summed E-state index contributed by atoms with van der Waals surface area (Å²) in [7, 11) is 0. The van der Waals surface area contributed by atoms with E-state index in [1.807, 2.05) is 97.1 Å². The molecule has 0 saturated carbocycles. The number of fused-ring (bicyclic) bond motifs is 6. The lowest BCUT2D eigenvalue weighted by Gasteiger charge is -2.18. The van der Waals surface area contributed by atoms with Gasteiger partial charge in [-0.15, -0.1) is 0 Å². The lowest BCUT2D eigenvalue weighted by atomic mass is 9.99. The van der Waals surface area contributed by atoms with Crippen molar-refractivity contribution in [3.05, 3.63) is 247 Å². The first kappa shape index (κ1) is 43.3. The van der Waals surface area contributed by atoms with Gasteiger partial charge in [0.15, 0.2) is 17.5 Å². The van der Waals surface area contributed by atoms with Gasteiger partial charge in [0.25, 0.3) is 0 Å². The predicted molar refractivity (Wildman–Crippen MR) is 295 cm³/mol. The molecule has 0 bridgehead atoms. The zero-order valence-electron chi connectivity index (χ0n) is 39.5. The molecule has 8 nitrogen and oxygen atoms in total. The van der Waals surface area contributed by atoms with E-state index < -0.39 is 0 Å². The largest absolute Gasteiger partial charge is 0.308 e. The van der Waals surface area contributed by atoms with Gasteiger partial charge in [-0.05, 0) is 112 Å². The topological polar surface area (TPSA) is 120 Å².